The van der Waals surface area contributed by atoms with Gasteiger partial charge in [0.2, 0.25) is 0 Å². The number of hydrogen-bond donors (Lipinski definition) is 0. The van der Waals surface area contributed by atoms with Crippen molar-refractivity contribution in [1.29, 1.82) is 0 Å². The second-order valence-electron chi connectivity index (χ2n) is 6.04. The molecule has 0 fully saturated rings. The Bertz CT molecular complexity index is 549. The Kier molecular flexibility index (Phi) is 5.00. The third-order valence-corrected chi connectivity index (χ3v) is 4.01. The summed E-state index contributed by atoms with van der Waals surface area (Å²) >= 11 is 0. The topological polar surface area (TPSA) is 0 Å². The van der Waals surface area contributed by atoms with E-state index in [0.717, 1.165) is 6.42 Å². The summed E-state index contributed by atoms with van der Waals surface area (Å²) in [5.74, 6) is 0.583. The normalized spacial score (nSPS) is 12.4. The number of aryl methyl sites for hydroxylation is 3. The Hall–Kier alpha value is -1.56. The van der Waals surface area contributed by atoms with E-state index in [0.29, 0.717) is 5.92 Å². The summed E-state index contributed by atoms with van der Waals surface area (Å²) in [6, 6.07) is 15.9. The second-order valence-corrected chi connectivity index (χ2v) is 6.04. The lowest BCUT2D eigenvalue weighted by molar-refractivity contribution is 0.739. The van der Waals surface area contributed by atoms with Crippen molar-refractivity contribution in [3.63, 3.8) is 0 Å². The molecule has 0 aliphatic rings. The van der Waals surface area contributed by atoms with Gasteiger partial charge in [-0.25, -0.2) is 0 Å². The molecule has 1 atom stereocenters. The molecule has 106 valence electrons. The zero-order valence-corrected chi connectivity index (χ0v) is 13.2. The van der Waals surface area contributed by atoms with E-state index in [1.54, 1.807) is 0 Å². The smallest absolute Gasteiger partial charge is 0.0147 e. The molecule has 1 unspecified atom stereocenters. The highest BCUT2D eigenvalue weighted by molar-refractivity contribution is 5.35. The highest BCUT2D eigenvalue weighted by Gasteiger charge is 2.11. The van der Waals surface area contributed by atoms with Gasteiger partial charge < -0.3 is 0 Å². The van der Waals surface area contributed by atoms with E-state index in [9.17, 15) is 0 Å². The van der Waals surface area contributed by atoms with Crippen molar-refractivity contribution >= 4 is 0 Å². The molecule has 0 aliphatic carbocycles. The molecular formula is C20H26. The van der Waals surface area contributed by atoms with Crippen LogP contribution in [-0.2, 0) is 12.8 Å². The van der Waals surface area contributed by atoms with Crippen LogP contribution in [0.1, 0.15) is 54.0 Å². The highest BCUT2D eigenvalue weighted by atomic mass is 14.2. The summed E-state index contributed by atoms with van der Waals surface area (Å²) in [4.78, 5) is 0. The molecule has 2 rings (SSSR count). The minimum Gasteiger partial charge on any atom is -0.0651 e. The molecule has 2 aromatic carbocycles. The summed E-state index contributed by atoms with van der Waals surface area (Å²) in [6.45, 7) is 8.94. The average Bonchev–Trinajstić information content (AvgIpc) is 2.42. The van der Waals surface area contributed by atoms with Gasteiger partial charge in [0, 0.05) is 0 Å². The van der Waals surface area contributed by atoms with Gasteiger partial charge in [-0.15, -0.1) is 0 Å². The Morgan fingerprint density at radius 1 is 0.900 bits per heavy atom. The van der Waals surface area contributed by atoms with Crippen LogP contribution in [0, 0.1) is 13.8 Å². The van der Waals surface area contributed by atoms with Crippen molar-refractivity contribution in [2.24, 2.45) is 0 Å². The molecule has 0 spiro atoms. The maximum Gasteiger partial charge on any atom is -0.0147 e. The first-order chi connectivity index (χ1) is 9.60. The van der Waals surface area contributed by atoms with Crippen LogP contribution in [0.5, 0.6) is 0 Å². The van der Waals surface area contributed by atoms with Gasteiger partial charge in [0.1, 0.15) is 0 Å². The quantitative estimate of drug-likeness (QED) is 0.660. The van der Waals surface area contributed by atoms with Crippen molar-refractivity contribution in [3.8, 4) is 0 Å². The standard InChI is InChI=1S/C20H26/c1-5-6-19-13-16(3)9-12-20(19)17(4)14-18-10-7-15(2)8-11-18/h7-13,17H,5-6,14H2,1-4H3. The van der Waals surface area contributed by atoms with Crippen LogP contribution in [0.4, 0.5) is 0 Å². The summed E-state index contributed by atoms with van der Waals surface area (Å²) < 4.78 is 0. The van der Waals surface area contributed by atoms with Crippen molar-refractivity contribution in [2.75, 3.05) is 0 Å². The van der Waals surface area contributed by atoms with Crippen LogP contribution in [0.15, 0.2) is 42.5 Å². The van der Waals surface area contributed by atoms with Crippen LogP contribution in [0.25, 0.3) is 0 Å². The van der Waals surface area contributed by atoms with Crippen molar-refractivity contribution < 1.29 is 0 Å². The largest absolute Gasteiger partial charge is 0.0651 e. The van der Waals surface area contributed by atoms with Crippen LogP contribution in [0.3, 0.4) is 0 Å². The predicted octanol–water partition coefficient (Wildman–Crippen LogP) is 5.60. The Morgan fingerprint density at radius 2 is 1.55 bits per heavy atom. The fraction of sp³-hybridized carbons (Fsp3) is 0.400. The zero-order valence-electron chi connectivity index (χ0n) is 13.2. The molecule has 0 aliphatic heterocycles. The van der Waals surface area contributed by atoms with Crippen molar-refractivity contribution in [2.45, 2.75) is 52.9 Å². The molecule has 0 N–H and O–H groups in total. The second kappa shape index (κ2) is 6.74. The molecule has 0 bridgehead atoms. The number of rotatable bonds is 5. The molecule has 2 aromatic rings. The Labute approximate surface area is 123 Å². The van der Waals surface area contributed by atoms with Crippen LogP contribution in [0.2, 0.25) is 0 Å². The molecule has 0 heterocycles. The molecular weight excluding hydrogens is 240 g/mol. The van der Waals surface area contributed by atoms with Gasteiger partial charge in [0.25, 0.3) is 0 Å². The van der Waals surface area contributed by atoms with Gasteiger partial charge in [-0.05, 0) is 49.3 Å². The fourth-order valence-corrected chi connectivity index (χ4v) is 2.89. The first-order valence-electron chi connectivity index (χ1n) is 7.75. The zero-order chi connectivity index (χ0) is 14.5. The summed E-state index contributed by atoms with van der Waals surface area (Å²) in [5.41, 5.74) is 7.21. The number of hydrogen-bond acceptors (Lipinski definition) is 0. The first kappa shape index (κ1) is 14.8. The van der Waals surface area contributed by atoms with E-state index in [1.807, 2.05) is 0 Å². The summed E-state index contributed by atoms with van der Waals surface area (Å²) in [6.07, 6.45) is 3.53. The van der Waals surface area contributed by atoms with E-state index < -0.39 is 0 Å². The number of benzene rings is 2. The van der Waals surface area contributed by atoms with Gasteiger partial charge in [0.15, 0.2) is 0 Å². The molecule has 0 heteroatoms. The molecule has 0 saturated heterocycles. The van der Waals surface area contributed by atoms with Crippen LogP contribution in [-0.4, -0.2) is 0 Å². The molecule has 0 radical (unpaired) electrons. The van der Waals surface area contributed by atoms with E-state index in [4.69, 9.17) is 0 Å². The monoisotopic (exact) mass is 266 g/mol. The first-order valence-corrected chi connectivity index (χ1v) is 7.75. The Balaban J connectivity index is 2.19. The van der Waals surface area contributed by atoms with E-state index in [-0.39, 0.29) is 0 Å². The van der Waals surface area contributed by atoms with E-state index >= 15 is 0 Å². The SMILES string of the molecule is CCCc1cc(C)ccc1C(C)Cc1ccc(C)cc1. The molecule has 0 amide bonds. The van der Waals surface area contributed by atoms with Crippen LogP contribution >= 0.6 is 0 Å². The third kappa shape index (κ3) is 3.72. The van der Waals surface area contributed by atoms with Crippen molar-refractivity contribution in [3.05, 3.63) is 70.3 Å². The lowest BCUT2D eigenvalue weighted by atomic mass is 9.88. The lowest BCUT2D eigenvalue weighted by Gasteiger charge is -2.17. The maximum atomic E-state index is 2.37. The minimum absolute atomic E-state index is 0.583. The molecule has 20 heavy (non-hydrogen) atoms. The predicted molar refractivity (Wildman–Crippen MR) is 88.5 cm³/mol. The summed E-state index contributed by atoms with van der Waals surface area (Å²) in [5, 5.41) is 0. The van der Waals surface area contributed by atoms with Gasteiger partial charge in [-0.1, -0.05) is 73.9 Å². The minimum atomic E-state index is 0.583. The van der Waals surface area contributed by atoms with Gasteiger partial charge >= 0.3 is 0 Å². The lowest BCUT2D eigenvalue weighted by Crippen LogP contribution is -2.03. The van der Waals surface area contributed by atoms with Gasteiger partial charge in [0.05, 0.1) is 0 Å². The van der Waals surface area contributed by atoms with Gasteiger partial charge in [-0.3, -0.25) is 0 Å². The molecule has 0 aromatic heterocycles. The van der Waals surface area contributed by atoms with E-state index in [1.165, 1.54) is 40.7 Å². The Morgan fingerprint density at radius 3 is 2.20 bits per heavy atom. The van der Waals surface area contributed by atoms with Crippen LogP contribution < -0.4 is 0 Å². The molecule has 0 saturated carbocycles. The third-order valence-electron chi connectivity index (χ3n) is 4.01. The summed E-state index contributed by atoms with van der Waals surface area (Å²) in [7, 11) is 0. The highest BCUT2D eigenvalue weighted by Crippen LogP contribution is 2.26. The van der Waals surface area contributed by atoms with Crippen molar-refractivity contribution in [1.82, 2.24) is 0 Å². The fourth-order valence-electron chi connectivity index (χ4n) is 2.89. The van der Waals surface area contributed by atoms with E-state index in [2.05, 4.69) is 70.2 Å². The molecule has 0 nitrogen and oxygen atoms in total. The average molecular weight is 266 g/mol. The maximum absolute atomic E-state index is 2.37. The van der Waals surface area contributed by atoms with Gasteiger partial charge in [-0.2, -0.15) is 0 Å².